The van der Waals surface area contributed by atoms with E-state index < -0.39 is 0 Å². The van der Waals surface area contributed by atoms with Gasteiger partial charge in [0.25, 0.3) is 0 Å². The summed E-state index contributed by atoms with van der Waals surface area (Å²) in [6, 6.07) is 0. The molecule has 1 aromatic heterocycles. The molecule has 0 atom stereocenters. The maximum atomic E-state index is 11.6. The molecule has 0 radical (unpaired) electrons. The minimum Gasteiger partial charge on any atom is -0.369 e. The van der Waals surface area contributed by atoms with E-state index in [1.807, 2.05) is 20.8 Å². The summed E-state index contributed by atoms with van der Waals surface area (Å²) in [5.41, 5.74) is 5.38. The van der Waals surface area contributed by atoms with Crippen molar-refractivity contribution in [2.45, 2.75) is 39.3 Å². The Morgan fingerprint density at radius 3 is 2.80 bits per heavy atom. The number of anilines is 1. The normalized spacial score (nSPS) is 11.4. The van der Waals surface area contributed by atoms with E-state index in [0.29, 0.717) is 5.95 Å². The van der Waals surface area contributed by atoms with Gasteiger partial charge < -0.3 is 15.6 Å². The number of hydrogen-bond acceptors (Lipinski definition) is 3. The zero-order valence-electron chi connectivity index (χ0n) is 9.45. The third-order valence-corrected chi connectivity index (χ3v) is 2.42. The summed E-state index contributed by atoms with van der Waals surface area (Å²) < 4.78 is 1.61. The highest BCUT2D eigenvalue weighted by Crippen LogP contribution is 2.07. The number of nitrogens with two attached hydrogens (primary N) is 1. The predicted octanol–water partition coefficient (Wildman–Crippen LogP) is 0.770. The van der Waals surface area contributed by atoms with Crippen LogP contribution in [0.15, 0.2) is 12.4 Å². The molecule has 0 aliphatic heterocycles. The van der Waals surface area contributed by atoms with E-state index in [0.717, 1.165) is 6.42 Å². The van der Waals surface area contributed by atoms with Gasteiger partial charge in [-0.25, -0.2) is 4.98 Å². The van der Waals surface area contributed by atoms with E-state index in [1.54, 1.807) is 17.0 Å². The van der Waals surface area contributed by atoms with E-state index in [9.17, 15) is 4.79 Å². The van der Waals surface area contributed by atoms with Gasteiger partial charge in [0, 0.05) is 17.9 Å². The summed E-state index contributed by atoms with van der Waals surface area (Å²) in [5, 5.41) is 2.93. The first-order valence-corrected chi connectivity index (χ1v) is 5.02. The lowest BCUT2D eigenvalue weighted by Crippen LogP contribution is -2.44. The second-order valence-electron chi connectivity index (χ2n) is 4.20. The van der Waals surface area contributed by atoms with Crippen LogP contribution in [-0.4, -0.2) is 21.0 Å². The van der Waals surface area contributed by atoms with Crippen LogP contribution >= 0.6 is 0 Å². The van der Waals surface area contributed by atoms with E-state index in [4.69, 9.17) is 5.73 Å². The fourth-order valence-corrected chi connectivity index (χ4v) is 1.13. The first kappa shape index (κ1) is 11.6. The highest BCUT2D eigenvalue weighted by atomic mass is 16.2. The Hall–Kier alpha value is -1.52. The third-order valence-electron chi connectivity index (χ3n) is 2.42. The molecule has 0 bridgehead atoms. The molecule has 84 valence electrons. The second-order valence-corrected chi connectivity index (χ2v) is 4.20. The van der Waals surface area contributed by atoms with Crippen LogP contribution < -0.4 is 11.1 Å². The largest absolute Gasteiger partial charge is 0.369 e. The van der Waals surface area contributed by atoms with Crippen molar-refractivity contribution >= 4 is 11.9 Å². The molecule has 0 aromatic carbocycles. The van der Waals surface area contributed by atoms with Crippen molar-refractivity contribution < 1.29 is 4.79 Å². The van der Waals surface area contributed by atoms with Crippen LogP contribution in [0.2, 0.25) is 0 Å². The average molecular weight is 210 g/mol. The van der Waals surface area contributed by atoms with Crippen molar-refractivity contribution in [1.82, 2.24) is 14.9 Å². The fraction of sp³-hybridized carbons (Fsp3) is 0.600. The lowest BCUT2D eigenvalue weighted by molar-refractivity contribution is -0.123. The van der Waals surface area contributed by atoms with Gasteiger partial charge in [-0.15, -0.1) is 0 Å². The Bertz CT molecular complexity index is 343. The number of carbonyl (C=O) groups excluding carboxylic acids is 1. The van der Waals surface area contributed by atoms with Gasteiger partial charge in [0.05, 0.1) is 0 Å². The third kappa shape index (κ3) is 3.27. The van der Waals surface area contributed by atoms with Gasteiger partial charge in [-0.1, -0.05) is 6.92 Å². The van der Waals surface area contributed by atoms with Crippen LogP contribution in [-0.2, 0) is 11.3 Å². The molecule has 0 saturated carbocycles. The van der Waals surface area contributed by atoms with Crippen LogP contribution in [0, 0.1) is 0 Å². The Labute approximate surface area is 89.7 Å². The number of nitrogen functional groups attached to an aromatic ring is 1. The Morgan fingerprint density at radius 1 is 1.67 bits per heavy atom. The fourth-order valence-electron chi connectivity index (χ4n) is 1.13. The molecule has 1 aromatic rings. The molecule has 1 rings (SSSR count). The van der Waals surface area contributed by atoms with Crippen molar-refractivity contribution in [2.75, 3.05) is 5.73 Å². The molecule has 0 fully saturated rings. The van der Waals surface area contributed by atoms with Gasteiger partial charge in [0.15, 0.2) is 0 Å². The predicted molar refractivity (Wildman–Crippen MR) is 59.2 cm³/mol. The molecule has 0 aliphatic rings. The monoisotopic (exact) mass is 210 g/mol. The van der Waals surface area contributed by atoms with Crippen LogP contribution in [0.5, 0.6) is 0 Å². The van der Waals surface area contributed by atoms with Gasteiger partial charge in [-0.2, -0.15) is 0 Å². The molecular formula is C10H18N4O. The summed E-state index contributed by atoms with van der Waals surface area (Å²) in [5.74, 6) is 0.311. The van der Waals surface area contributed by atoms with Crippen molar-refractivity contribution in [3.63, 3.8) is 0 Å². The SMILES string of the molecule is CCC(C)(C)NC(=O)Cn1ccnc1N. The Balaban J connectivity index is 2.54. The summed E-state index contributed by atoms with van der Waals surface area (Å²) in [6.45, 7) is 6.23. The van der Waals surface area contributed by atoms with Crippen LogP contribution in [0.25, 0.3) is 0 Å². The van der Waals surface area contributed by atoms with E-state index in [1.165, 1.54) is 0 Å². The minimum atomic E-state index is -0.174. The van der Waals surface area contributed by atoms with Crippen LogP contribution in [0.4, 0.5) is 5.95 Å². The highest BCUT2D eigenvalue weighted by molar-refractivity contribution is 5.76. The topological polar surface area (TPSA) is 72.9 Å². The molecule has 0 unspecified atom stereocenters. The summed E-state index contributed by atoms with van der Waals surface area (Å²) in [7, 11) is 0. The van der Waals surface area contributed by atoms with Gasteiger partial charge in [-0.05, 0) is 20.3 Å². The Kier molecular flexibility index (Phi) is 3.34. The maximum Gasteiger partial charge on any atom is 0.240 e. The van der Waals surface area contributed by atoms with Crippen molar-refractivity contribution in [3.8, 4) is 0 Å². The molecule has 1 amide bonds. The average Bonchev–Trinajstić information content (AvgIpc) is 2.51. The standard InChI is InChI=1S/C10H18N4O/c1-4-10(2,3)13-8(15)7-14-6-5-12-9(14)11/h5-6H,4,7H2,1-3H3,(H2,11,12)(H,13,15). The maximum absolute atomic E-state index is 11.6. The minimum absolute atomic E-state index is 0.0495. The molecule has 5 nitrogen and oxygen atoms in total. The Morgan fingerprint density at radius 2 is 2.33 bits per heavy atom. The molecule has 3 N–H and O–H groups in total. The summed E-state index contributed by atoms with van der Waals surface area (Å²) in [4.78, 5) is 15.5. The second kappa shape index (κ2) is 4.33. The van der Waals surface area contributed by atoms with Gasteiger partial charge in [-0.3, -0.25) is 4.79 Å². The van der Waals surface area contributed by atoms with Gasteiger partial charge in [0.1, 0.15) is 6.54 Å². The molecule has 5 heteroatoms. The first-order valence-electron chi connectivity index (χ1n) is 5.02. The number of imidazole rings is 1. The first-order chi connectivity index (χ1) is 6.94. The van der Waals surface area contributed by atoms with E-state index in [-0.39, 0.29) is 18.0 Å². The van der Waals surface area contributed by atoms with E-state index >= 15 is 0 Å². The number of hydrogen-bond donors (Lipinski definition) is 2. The molecular weight excluding hydrogens is 192 g/mol. The van der Waals surface area contributed by atoms with Crippen LogP contribution in [0.1, 0.15) is 27.2 Å². The van der Waals surface area contributed by atoms with Crippen molar-refractivity contribution in [3.05, 3.63) is 12.4 Å². The molecule has 0 spiro atoms. The number of carbonyl (C=O) groups is 1. The number of aromatic nitrogens is 2. The lowest BCUT2D eigenvalue weighted by atomic mass is 10.0. The number of amides is 1. The number of nitrogens with zero attached hydrogens (tertiary/aromatic N) is 2. The molecule has 0 saturated heterocycles. The molecule has 1 heterocycles. The number of nitrogens with one attached hydrogen (secondary N) is 1. The highest BCUT2D eigenvalue weighted by Gasteiger charge is 2.17. The quantitative estimate of drug-likeness (QED) is 0.771. The summed E-state index contributed by atoms with van der Waals surface area (Å²) >= 11 is 0. The smallest absolute Gasteiger partial charge is 0.240 e. The zero-order valence-corrected chi connectivity index (χ0v) is 9.45. The van der Waals surface area contributed by atoms with E-state index in [2.05, 4.69) is 10.3 Å². The molecule has 15 heavy (non-hydrogen) atoms. The van der Waals surface area contributed by atoms with Crippen molar-refractivity contribution in [2.24, 2.45) is 0 Å². The lowest BCUT2D eigenvalue weighted by Gasteiger charge is -2.24. The van der Waals surface area contributed by atoms with Gasteiger partial charge in [0.2, 0.25) is 11.9 Å². The number of rotatable bonds is 4. The molecule has 0 aliphatic carbocycles. The van der Waals surface area contributed by atoms with Gasteiger partial charge >= 0.3 is 0 Å². The zero-order chi connectivity index (χ0) is 11.5. The summed E-state index contributed by atoms with van der Waals surface area (Å²) in [6.07, 6.45) is 4.15. The van der Waals surface area contributed by atoms with Crippen LogP contribution in [0.3, 0.4) is 0 Å². The van der Waals surface area contributed by atoms with Crippen molar-refractivity contribution in [1.29, 1.82) is 0 Å².